The third kappa shape index (κ3) is 5.01. The summed E-state index contributed by atoms with van der Waals surface area (Å²) in [5.74, 6) is 1.11. The van der Waals surface area contributed by atoms with Gasteiger partial charge >= 0.3 is 5.97 Å². The van der Waals surface area contributed by atoms with Crippen LogP contribution in [-0.2, 0) is 4.74 Å². The fourth-order valence-electron chi connectivity index (χ4n) is 2.79. The van der Waals surface area contributed by atoms with Crippen LogP contribution in [0.3, 0.4) is 0 Å². The van der Waals surface area contributed by atoms with E-state index in [4.69, 9.17) is 9.47 Å². The molecule has 3 rings (SSSR count). The summed E-state index contributed by atoms with van der Waals surface area (Å²) >= 11 is 0. The Labute approximate surface area is 170 Å². The lowest BCUT2D eigenvalue weighted by Crippen LogP contribution is -2.13. The summed E-state index contributed by atoms with van der Waals surface area (Å²) < 4.78 is 10.1. The first-order valence-corrected chi connectivity index (χ1v) is 9.24. The van der Waals surface area contributed by atoms with Gasteiger partial charge in [-0.25, -0.2) is 9.78 Å². The van der Waals surface area contributed by atoms with Crippen molar-refractivity contribution in [2.75, 3.05) is 24.9 Å². The summed E-state index contributed by atoms with van der Waals surface area (Å²) in [6.07, 6.45) is 0. The molecule has 7 nitrogen and oxygen atoms in total. The predicted molar refractivity (Wildman–Crippen MR) is 114 cm³/mol. The van der Waals surface area contributed by atoms with Gasteiger partial charge in [-0.15, -0.1) is 0 Å². The number of hydrogen-bond acceptors (Lipinski definition) is 7. The molecule has 0 fully saturated rings. The number of esters is 1. The first-order valence-electron chi connectivity index (χ1n) is 9.24. The number of hydrogen-bond donors (Lipinski definition) is 2. The molecule has 29 heavy (non-hydrogen) atoms. The summed E-state index contributed by atoms with van der Waals surface area (Å²) in [5, 5.41) is 6.51. The van der Waals surface area contributed by atoms with E-state index in [1.165, 1.54) is 14.2 Å². The lowest BCUT2D eigenvalue weighted by molar-refractivity contribution is 0.0597. The second-order valence-electron chi connectivity index (χ2n) is 6.66. The highest BCUT2D eigenvalue weighted by Crippen LogP contribution is 2.28. The fraction of sp³-hybridized carbons (Fsp3) is 0.227. The molecule has 0 spiro atoms. The summed E-state index contributed by atoms with van der Waals surface area (Å²) in [5.41, 5.74) is 2.87. The highest BCUT2D eigenvalue weighted by atomic mass is 16.5. The summed E-state index contributed by atoms with van der Waals surface area (Å²) in [4.78, 5) is 21.0. The molecule has 7 heteroatoms. The van der Waals surface area contributed by atoms with Crippen molar-refractivity contribution >= 4 is 23.4 Å². The van der Waals surface area contributed by atoms with Gasteiger partial charge < -0.3 is 20.1 Å². The lowest BCUT2D eigenvalue weighted by Gasteiger charge is -2.14. The number of benzene rings is 2. The van der Waals surface area contributed by atoms with Crippen LogP contribution in [0.2, 0.25) is 0 Å². The molecule has 1 aromatic heterocycles. The maximum Gasteiger partial charge on any atom is 0.341 e. The minimum Gasteiger partial charge on any atom is -0.496 e. The van der Waals surface area contributed by atoms with Crippen LogP contribution in [0.5, 0.6) is 5.75 Å². The Morgan fingerprint density at radius 3 is 2.41 bits per heavy atom. The molecule has 0 saturated heterocycles. The van der Waals surface area contributed by atoms with E-state index < -0.39 is 5.97 Å². The number of nitrogens with zero attached hydrogens (tertiary/aromatic N) is 2. The van der Waals surface area contributed by atoms with E-state index in [9.17, 15) is 4.79 Å². The molecule has 0 amide bonds. The quantitative estimate of drug-likeness (QED) is 0.573. The second-order valence-corrected chi connectivity index (χ2v) is 6.66. The minimum absolute atomic E-state index is 0.188. The molecule has 2 aromatic carbocycles. The second kappa shape index (κ2) is 9.05. The van der Waals surface area contributed by atoms with Gasteiger partial charge in [0.05, 0.1) is 19.9 Å². The lowest BCUT2D eigenvalue weighted by atomic mass is 10.1. The standard InChI is InChI=1S/C22H24N4O3/c1-14(2)23-22-25-18(15-8-6-5-7-9-15)13-20(26-22)24-16-10-11-17(21(27)29-4)19(12-16)28-3/h5-14H,1-4H3,(H2,23,24,25,26). The van der Waals surface area contributed by atoms with E-state index in [1.807, 2.05) is 50.2 Å². The van der Waals surface area contributed by atoms with E-state index in [1.54, 1.807) is 18.2 Å². The Bertz CT molecular complexity index is 991. The molecule has 0 radical (unpaired) electrons. The molecule has 0 unspecified atom stereocenters. The third-order valence-corrected chi connectivity index (χ3v) is 4.09. The molecule has 1 heterocycles. The molecule has 3 aromatic rings. The number of nitrogens with one attached hydrogen (secondary N) is 2. The topological polar surface area (TPSA) is 85.4 Å². The smallest absolute Gasteiger partial charge is 0.341 e. The maximum absolute atomic E-state index is 11.9. The van der Waals surface area contributed by atoms with Crippen molar-refractivity contribution in [3.05, 3.63) is 60.2 Å². The number of anilines is 3. The maximum atomic E-state index is 11.9. The highest BCUT2D eigenvalue weighted by molar-refractivity contribution is 5.93. The average Bonchev–Trinajstić information content (AvgIpc) is 2.73. The molecular weight excluding hydrogens is 368 g/mol. The Morgan fingerprint density at radius 2 is 1.76 bits per heavy atom. The van der Waals surface area contributed by atoms with Gasteiger partial charge in [0.15, 0.2) is 0 Å². The van der Waals surface area contributed by atoms with E-state index in [2.05, 4.69) is 20.6 Å². The van der Waals surface area contributed by atoms with Crippen LogP contribution in [0.25, 0.3) is 11.3 Å². The Morgan fingerprint density at radius 1 is 1.00 bits per heavy atom. The first kappa shape index (κ1) is 20.1. The largest absolute Gasteiger partial charge is 0.496 e. The molecule has 0 aliphatic heterocycles. The van der Waals surface area contributed by atoms with Crippen molar-refractivity contribution < 1.29 is 14.3 Å². The van der Waals surface area contributed by atoms with Gasteiger partial charge in [-0.2, -0.15) is 4.98 Å². The van der Waals surface area contributed by atoms with Crippen LogP contribution in [0, 0.1) is 0 Å². The van der Waals surface area contributed by atoms with Gasteiger partial charge in [-0.3, -0.25) is 0 Å². The van der Waals surface area contributed by atoms with Crippen molar-refractivity contribution in [2.24, 2.45) is 0 Å². The van der Waals surface area contributed by atoms with E-state index in [0.717, 1.165) is 16.9 Å². The zero-order chi connectivity index (χ0) is 20.8. The van der Waals surface area contributed by atoms with Gasteiger partial charge in [-0.1, -0.05) is 30.3 Å². The van der Waals surface area contributed by atoms with Crippen LogP contribution in [-0.4, -0.2) is 36.2 Å². The zero-order valence-electron chi connectivity index (χ0n) is 16.9. The molecule has 150 valence electrons. The first-order chi connectivity index (χ1) is 14.0. The zero-order valence-corrected chi connectivity index (χ0v) is 16.9. The number of aromatic nitrogens is 2. The number of rotatable bonds is 7. The average molecular weight is 392 g/mol. The van der Waals surface area contributed by atoms with Gasteiger partial charge in [-0.05, 0) is 26.0 Å². The Balaban J connectivity index is 1.96. The van der Waals surface area contributed by atoms with Gasteiger partial charge in [0.2, 0.25) is 5.95 Å². The molecule has 0 aliphatic carbocycles. The van der Waals surface area contributed by atoms with Gasteiger partial charge in [0, 0.05) is 29.4 Å². The number of ether oxygens (including phenoxy) is 2. The summed E-state index contributed by atoms with van der Waals surface area (Å²) in [6.45, 7) is 4.06. The van der Waals surface area contributed by atoms with Crippen molar-refractivity contribution in [1.82, 2.24) is 9.97 Å². The third-order valence-electron chi connectivity index (χ3n) is 4.09. The number of methoxy groups -OCH3 is 2. The van der Waals surface area contributed by atoms with Crippen LogP contribution in [0.15, 0.2) is 54.6 Å². The molecular formula is C22H24N4O3. The fourth-order valence-corrected chi connectivity index (χ4v) is 2.79. The van der Waals surface area contributed by atoms with Crippen LogP contribution in [0.4, 0.5) is 17.5 Å². The summed E-state index contributed by atoms with van der Waals surface area (Å²) in [7, 11) is 2.84. The van der Waals surface area contributed by atoms with E-state index in [-0.39, 0.29) is 6.04 Å². The highest BCUT2D eigenvalue weighted by Gasteiger charge is 2.14. The number of carbonyl (C=O) groups excluding carboxylic acids is 1. The molecule has 0 saturated carbocycles. The normalized spacial score (nSPS) is 10.5. The van der Waals surface area contributed by atoms with Crippen LogP contribution < -0.4 is 15.4 Å². The minimum atomic E-state index is -0.454. The molecule has 0 aliphatic rings. The predicted octanol–water partition coefficient (Wildman–Crippen LogP) is 4.50. The van der Waals surface area contributed by atoms with E-state index in [0.29, 0.717) is 23.1 Å². The Hall–Kier alpha value is -3.61. The van der Waals surface area contributed by atoms with Crippen molar-refractivity contribution in [3.8, 4) is 17.0 Å². The van der Waals surface area contributed by atoms with Gasteiger partial charge in [0.25, 0.3) is 0 Å². The van der Waals surface area contributed by atoms with Crippen molar-refractivity contribution in [3.63, 3.8) is 0 Å². The van der Waals surface area contributed by atoms with Crippen LogP contribution >= 0.6 is 0 Å². The molecule has 2 N–H and O–H groups in total. The molecule has 0 bridgehead atoms. The Kier molecular flexibility index (Phi) is 6.29. The molecule has 0 atom stereocenters. The van der Waals surface area contributed by atoms with E-state index >= 15 is 0 Å². The van der Waals surface area contributed by atoms with Crippen molar-refractivity contribution in [1.29, 1.82) is 0 Å². The van der Waals surface area contributed by atoms with Crippen molar-refractivity contribution in [2.45, 2.75) is 19.9 Å². The monoisotopic (exact) mass is 392 g/mol. The summed E-state index contributed by atoms with van der Waals surface area (Å²) in [6, 6.07) is 17.1. The SMILES string of the molecule is COC(=O)c1ccc(Nc2cc(-c3ccccc3)nc(NC(C)C)n2)cc1OC. The van der Waals surface area contributed by atoms with Gasteiger partial charge in [0.1, 0.15) is 17.1 Å². The number of carbonyl (C=O) groups is 1. The van der Waals surface area contributed by atoms with Crippen LogP contribution in [0.1, 0.15) is 24.2 Å².